The van der Waals surface area contributed by atoms with Crippen LogP contribution in [-0.2, 0) is 17.5 Å². The molecule has 3 aromatic carbocycles. The first-order valence-corrected chi connectivity index (χ1v) is 14.4. The maximum Gasteiger partial charge on any atom is 0.416 e. The highest BCUT2D eigenvalue weighted by molar-refractivity contribution is 8.05. The molecule has 1 amide bonds. The number of carboxylic acids is 1. The molecule has 1 saturated heterocycles. The number of carbonyl (C=O) groups excluding carboxylic acids is 1. The van der Waals surface area contributed by atoms with Gasteiger partial charge in [0.2, 0.25) is 0 Å². The van der Waals surface area contributed by atoms with Gasteiger partial charge in [0, 0.05) is 5.56 Å². The number of carbonyl (C=O) groups is 2. The normalized spacial score (nSPS) is 20.5. The van der Waals surface area contributed by atoms with Crippen molar-refractivity contribution < 1.29 is 37.3 Å². The first-order valence-electron chi connectivity index (χ1n) is 13.1. The van der Waals surface area contributed by atoms with Gasteiger partial charge in [-0.1, -0.05) is 35.9 Å². The topological polar surface area (TPSA) is 76.1 Å². The fraction of sp³-hybridized carbons (Fsp3) is 0.290. The van der Waals surface area contributed by atoms with Gasteiger partial charge >= 0.3 is 18.2 Å². The summed E-state index contributed by atoms with van der Waals surface area (Å²) in [7, 11) is 1.47. The van der Waals surface area contributed by atoms with Crippen LogP contribution in [0.3, 0.4) is 0 Å². The fourth-order valence-electron chi connectivity index (χ4n) is 5.43. The van der Waals surface area contributed by atoms with Crippen molar-refractivity contribution >= 4 is 35.4 Å². The Morgan fingerprint density at radius 2 is 1.86 bits per heavy atom. The molecule has 1 unspecified atom stereocenters. The SMILES string of the molecule is COc1ccc(-c2ccc(C(=O)O)cc2C)cc1-c1ccc(C(F)(F)F)cc1CN1C(=O)O[C@H](C2CC=C(Cl)S2)[C@@H]1C. The molecule has 0 aliphatic carbocycles. The number of aromatic carboxylic acids is 1. The largest absolute Gasteiger partial charge is 0.496 e. The van der Waals surface area contributed by atoms with Gasteiger partial charge in [-0.3, -0.25) is 4.90 Å². The number of aryl methyl sites for hydroxylation is 1. The van der Waals surface area contributed by atoms with Crippen LogP contribution in [0.4, 0.5) is 18.0 Å². The summed E-state index contributed by atoms with van der Waals surface area (Å²) in [5.74, 6) is -0.616. The zero-order valence-corrected chi connectivity index (χ0v) is 24.4. The van der Waals surface area contributed by atoms with E-state index in [0.29, 0.717) is 27.7 Å². The third kappa shape index (κ3) is 5.83. The average molecular weight is 618 g/mol. The molecule has 5 rings (SSSR count). The van der Waals surface area contributed by atoms with Crippen LogP contribution in [0.2, 0.25) is 0 Å². The maximum atomic E-state index is 13.8. The van der Waals surface area contributed by atoms with E-state index in [4.69, 9.17) is 21.1 Å². The number of hydrogen-bond donors (Lipinski definition) is 1. The second-order valence-electron chi connectivity index (χ2n) is 10.2. The van der Waals surface area contributed by atoms with Gasteiger partial charge in [-0.2, -0.15) is 13.2 Å². The van der Waals surface area contributed by atoms with Gasteiger partial charge in [0.05, 0.1) is 40.4 Å². The van der Waals surface area contributed by atoms with Crippen LogP contribution in [0.1, 0.15) is 40.4 Å². The summed E-state index contributed by atoms with van der Waals surface area (Å²) >= 11 is 7.54. The number of halogens is 4. The second-order valence-corrected chi connectivity index (χ2v) is 12.1. The summed E-state index contributed by atoms with van der Waals surface area (Å²) in [4.78, 5) is 25.9. The van der Waals surface area contributed by atoms with E-state index < -0.39 is 35.9 Å². The van der Waals surface area contributed by atoms with Gasteiger partial charge in [-0.05, 0) is 84.5 Å². The zero-order valence-electron chi connectivity index (χ0n) is 22.9. The minimum atomic E-state index is -4.59. The van der Waals surface area contributed by atoms with E-state index in [9.17, 15) is 27.9 Å². The van der Waals surface area contributed by atoms with E-state index in [-0.39, 0.29) is 22.9 Å². The van der Waals surface area contributed by atoms with Crippen molar-refractivity contribution in [3.8, 4) is 28.0 Å². The number of thioether (sulfide) groups is 1. The van der Waals surface area contributed by atoms with Crippen molar-refractivity contribution in [3.05, 3.63) is 87.3 Å². The number of alkyl halides is 3. The summed E-state index contributed by atoms with van der Waals surface area (Å²) < 4.78 is 53.4. The highest BCUT2D eigenvalue weighted by Crippen LogP contribution is 2.43. The Kier molecular flexibility index (Phi) is 8.22. The van der Waals surface area contributed by atoms with Gasteiger partial charge in [0.15, 0.2) is 0 Å². The molecule has 1 N–H and O–H groups in total. The van der Waals surface area contributed by atoms with Crippen molar-refractivity contribution in [1.29, 1.82) is 0 Å². The number of benzene rings is 3. The lowest BCUT2D eigenvalue weighted by atomic mass is 9.91. The number of amides is 1. The minimum Gasteiger partial charge on any atom is -0.496 e. The first-order chi connectivity index (χ1) is 19.9. The molecule has 0 bridgehead atoms. The Bertz CT molecular complexity index is 1590. The lowest BCUT2D eigenvalue weighted by Gasteiger charge is -2.25. The van der Waals surface area contributed by atoms with Crippen molar-refractivity contribution in [1.82, 2.24) is 4.90 Å². The predicted molar refractivity (Wildman–Crippen MR) is 156 cm³/mol. The van der Waals surface area contributed by atoms with Gasteiger partial charge in [-0.25, -0.2) is 9.59 Å². The molecule has 0 saturated carbocycles. The number of nitrogens with zero attached hydrogens (tertiary/aromatic N) is 1. The summed E-state index contributed by atoms with van der Waals surface area (Å²) in [6, 6.07) is 13.1. The highest BCUT2D eigenvalue weighted by atomic mass is 35.5. The van der Waals surface area contributed by atoms with Crippen LogP contribution in [0.5, 0.6) is 5.75 Å². The smallest absolute Gasteiger partial charge is 0.416 e. The molecule has 2 heterocycles. The number of ether oxygens (including phenoxy) is 2. The Balaban J connectivity index is 1.57. The van der Waals surface area contributed by atoms with E-state index in [2.05, 4.69) is 0 Å². The number of allylic oxidation sites excluding steroid dienone is 1. The molecular formula is C31H27ClF3NO5S. The minimum absolute atomic E-state index is 0.0741. The molecule has 42 heavy (non-hydrogen) atoms. The van der Waals surface area contributed by atoms with Crippen molar-refractivity contribution in [2.75, 3.05) is 7.11 Å². The zero-order chi connectivity index (χ0) is 30.3. The molecule has 3 aromatic rings. The number of hydrogen-bond acceptors (Lipinski definition) is 5. The maximum absolute atomic E-state index is 13.8. The van der Waals surface area contributed by atoms with Gasteiger partial charge in [0.25, 0.3) is 0 Å². The Hall–Kier alpha value is -3.63. The molecule has 0 radical (unpaired) electrons. The Morgan fingerprint density at radius 3 is 2.48 bits per heavy atom. The summed E-state index contributed by atoms with van der Waals surface area (Å²) in [6.45, 7) is 3.49. The van der Waals surface area contributed by atoms with Crippen molar-refractivity contribution in [3.63, 3.8) is 0 Å². The van der Waals surface area contributed by atoms with Crippen molar-refractivity contribution in [2.45, 2.75) is 50.4 Å². The molecule has 0 spiro atoms. The molecule has 2 aliphatic heterocycles. The fourth-order valence-corrected chi connectivity index (χ4v) is 6.95. The quantitative estimate of drug-likeness (QED) is 0.287. The molecule has 3 atom stereocenters. The van der Waals surface area contributed by atoms with E-state index in [0.717, 1.165) is 28.8 Å². The molecule has 11 heteroatoms. The van der Waals surface area contributed by atoms with Crippen LogP contribution >= 0.6 is 23.4 Å². The number of methoxy groups -OCH3 is 1. The van der Waals surface area contributed by atoms with Gasteiger partial charge < -0.3 is 14.6 Å². The third-order valence-electron chi connectivity index (χ3n) is 7.63. The number of rotatable bonds is 7. The number of cyclic esters (lactones) is 1. The van der Waals surface area contributed by atoms with Crippen molar-refractivity contribution in [2.24, 2.45) is 0 Å². The highest BCUT2D eigenvalue weighted by Gasteiger charge is 2.44. The monoisotopic (exact) mass is 617 g/mol. The molecule has 6 nitrogen and oxygen atoms in total. The van der Waals surface area contributed by atoms with Crippen LogP contribution in [0.15, 0.2) is 65.0 Å². The summed E-state index contributed by atoms with van der Waals surface area (Å²) in [5, 5.41) is 9.27. The van der Waals surface area contributed by atoms with Crippen LogP contribution < -0.4 is 4.74 Å². The predicted octanol–water partition coefficient (Wildman–Crippen LogP) is 8.35. The molecular weight excluding hydrogens is 591 g/mol. The molecule has 0 aromatic heterocycles. The van der Waals surface area contributed by atoms with Crippen LogP contribution in [0, 0.1) is 6.92 Å². The average Bonchev–Trinajstić information content (AvgIpc) is 3.50. The molecule has 1 fully saturated rings. The Labute approximate surface area is 250 Å². The Morgan fingerprint density at radius 1 is 1.12 bits per heavy atom. The van der Waals surface area contributed by atoms with Gasteiger partial charge in [0.1, 0.15) is 11.9 Å². The van der Waals surface area contributed by atoms with E-state index in [1.54, 1.807) is 37.3 Å². The van der Waals surface area contributed by atoms with Crippen LogP contribution in [0.25, 0.3) is 22.3 Å². The first kappa shape index (κ1) is 29.8. The van der Waals surface area contributed by atoms with E-state index >= 15 is 0 Å². The molecule has 220 valence electrons. The van der Waals surface area contributed by atoms with E-state index in [1.165, 1.54) is 35.9 Å². The molecule has 2 aliphatic rings. The van der Waals surface area contributed by atoms with Crippen LogP contribution in [-0.4, -0.2) is 46.6 Å². The second kappa shape index (κ2) is 11.6. The summed E-state index contributed by atoms with van der Waals surface area (Å²) in [6.07, 6.45) is -3.18. The van der Waals surface area contributed by atoms with E-state index in [1.807, 2.05) is 13.0 Å². The standard InChI is InChI=1S/C31H27ClF3NO5S/c1-16-12-19(29(37)38)4-7-22(16)18-5-9-25(40-3)24(14-18)23-8-6-21(31(33,34)35)13-20(23)15-36-17(2)28(41-30(36)39)26-10-11-27(32)42-26/h4-9,11-14,17,26,28H,10,15H2,1-3H3,(H,37,38)/t17-,26?,28-/m0/s1. The number of carboxylic acid groups (broad SMARTS) is 1. The van der Waals surface area contributed by atoms with Gasteiger partial charge in [-0.15, -0.1) is 11.8 Å². The lowest BCUT2D eigenvalue weighted by molar-refractivity contribution is -0.137. The third-order valence-corrected chi connectivity index (χ3v) is 9.20. The summed E-state index contributed by atoms with van der Waals surface area (Å²) in [5.41, 5.74) is 2.78. The lowest BCUT2D eigenvalue weighted by Crippen LogP contribution is -2.37.